The summed E-state index contributed by atoms with van der Waals surface area (Å²) in [6, 6.07) is 5.63. The number of aromatic amines is 2. The van der Waals surface area contributed by atoms with Crippen molar-refractivity contribution in [3.8, 4) is 11.5 Å². The van der Waals surface area contributed by atoms with E-state index in [9.17, 15) is 9.59 Å². The first-order chi connectivity index (χ1) is 16.0. The molecule has 164 valence electrons. The van der Waals surface area contributed by atoms with Crippen LogP contribution in [0.2, 0.25) is 0 Å². The molecule has 0 atom stereocenters. The second kappa shape index (κ2) is 6.23. The average Bonchev–Trinajstić information content (AvgIpc) is 3.54. The summed E-state index contributed by atoms with van der Waals surface area (Å²) in [6.07, 6.45) is 3.44. The molecule has 5 aromatic rings. The van der Waals surface area contributed by atoms with Crippen LogP contribution in [0.1, 0.15) is 20.7 Å². The number of amides is 2. The molecule has 33 heavy (non-hydrogen) atoms. The van der Waals surface area contributed by atoms with Crippen LogP contribution >= 0.6 is 0 Å². The van der Waals surface area contributed by atoms with Crippen molar-refractivity contribution in [3.63, 3.8) is 0 Å². The monoisotopic (exact) mass is 441 g/mol. The number of fused-ring (bicyclic) bond motifs is 11. The number of ether oxygens (including phenoxy) is 2. The molecule has 0 aliphatic carbocycles. The number of aromatic nitrogens is 3. The number of carbonyl (C=O) groups excluding carboxylic acids is 2. The molecule has 5 heterocycles. The second-order valence-electron chi connectivity index (χ2n) is 8.74. The van der Waals surface area contributed by atoms with E-state index in [0.29, 0.717) is 35.7 Å². The molecule has 0 spiro atoms. The van der Waals surface area contributed by atoms with E-state index in [2.05, 4.69) is 15.0 Å². The lowest BCUT2D eigenvalue weighted by molar-refractivity contribution is 0.0646. The van der Waals surface area contributed by atoms with E-state index >= 15 is 0 Å². The number of rotatable bonds is 3. The first-order valence-electron chi connectivity index (χ1n) is 10.7. The number of imide groups is 1. The minimum Gasteiger partial charge on any atom is -0.454 e. The molecule has 0 saturated heterocycles. The van der Waals surface area contributed by atoms with Gasteiger partial charge in [-0.3, -0.25) is 19.5 Å². The van der Waals surface area contributed by atoms with Crippen LogP contribution in [0.3, 0.4) is 0 Å². The smallest absolute Gasteiger partial charge is 0.262 e. The minimum absolute atomic E-state index is 0.160. The third kappa shape index (κ3) is 2.31. The molecule has 2 N–H and O–H groups in total. The topological polar surface area (TPSA) is 104 Å². The second-order valence-corrected chi connectivity index (χ2v) is 8.74. The minimum atomic E-state index is -0.277. The van der Waals surface area contributed by atoms with Crippen molar-refractivity contribution < 1.29 is 19.1 Å². The fraction of sp³-hybridized carbons (Fsp3) is 0.208. The highest BCUT2D eigenvalue weighted by atomic mass is 16.7. The van der Waals surface area contributed by atoms with Gasteiger partial charge >= 0.3 is 0 Å². The van der Waals surface area contributed by atoms with E-state index in [4.69, 9.17) is 9.47 Å². The molecule has 0 saturated carbocycles. The molecule has 0 bridgehead atoms. The molecule has 0 unspecified atom stereocenters. The number of hydrogen-bond donors (Lipinski definition) is 2. The zero-order valence-electron chi connectivity index (χ0n) is 18.0. The highest BCUT2D eigenvalue weighted by Gasteiger charge is 2.41. The number of benzene rings is 2. The SMILES string of the molecule is CN(C)CCN1C(=O)c2c(c3c4cc5c(cc4[nH]c3c3[nH]c4ccncc4c23)OCO5)C1=O. The Bertz CT molecular complexity index is 1680. The number of nitrogens with zero attached hydrogens (tertiary/aromatic N) is 3. The maximum Gasteiger partial charge on any atom is 0.262 e. The van der Waals surface area contributed by atoms with E-state index < -0.39 is 0 Å². The van der Waals surface area contributed by atoms with E-state index in [1.165, 1.54) is 4.90 Å². The standard InChI is InChI=1S/C24H19N5O4/c1-28(2)5-6-29-23(30)19-17-11-7-15-16(33-10-32-15)8-14(11)27-21(17)22-18(20(19)24(29)31)12-9-25-4-3-13(12)26-22/h3-4,7-9,26-27H,5-6,10H2,1-2H3. The molecule has 2 aliphatic rings. The molecule has 2 aliphatic heterocycles. The summed E-state index contributed by atoms with van der Waals surface area (Å²) in [7, 11) is 3.84. The number of likely N-dealkylation sites (N-methyl/N-ethyl adjacent to an activating group) is 1. The van der Waals surface area contributed by atoms with Gasteiger partial charge in [-0.05, 0) is 26.2 Å². The van der Waals surface area contributed by atoms with Crippen LogP contribution in [-0.4, -0.2) is 70.5 Å². The van der Waals surface area contributed by atoms with Crippen LogP contribution in [-0.2, 0) is 0 Å². The van der Waals surface area contributed by atoms with Crippen molar-refractivity contribution >= 4 is 55.4 Å². The van der Waals surface area contributed by atoms with Crippen molar-refractivity contribution in [1.29, 1.82) is 0 Å². The van der Waals surface area contributed by atoms with Crippen LogP contribution in [0.15, 0.2) is 30.6 Å². The fourth-order valence-corrected chi connectivity index (χ4v) is 5.06. The van der Waals surface area contributed by atoms with E-state index in [1.807, 2.05) is 37.2 Å². The van der Waals surface area contributed by atoms with Gasteiger partial charge in [-0.2, -0.15) is 0 Å². The Kier molecular flexibility index (Phi) is 3.49. The number of nitrogens with one attached hydrogen (secondary N) is 2. The summed E-state index contributed by atoms with van der Waals surface area (Å²) in [5.74, 6) is 0.723. The molecule has 0 radical (unpaired) electrons. The lowest BCUT2D eigenvalue weighted by Crippen LogP contribution is -2.35. The summed E-state index contributed by atoms with van der Waals surface area (Å²) < 4.78 is 11.1. The van der Waals surface area contributed by atoms with E-state index in [1.54, 1.807) is 12.4 Å². The van der Waals surface area contributed by atoms with Gasteiger partial charge in [-0.25, -0.2) is 0 Å². The van der Waals surface area contributed by atoms with Crippen LogP contribution in [0.5, 0.6) is 11.5 Å². The highest BCUT2D eigenvalue weighted by molar-refractivity contribution is 6.39. The maximum atomic E-state index is 13.7. The normalized spacial score (nSPS) is 15.3. The summed E-state index contributed by atoms with van der Waals surface area (Å²) in [5.41, 5.74) is 4.08. The van der Waals surface area contributed by atoms with Gasteiger partial charge in [0, 0.05) is 58.6 Å². The largest absolute Gasteiger partial charge is 0.454 e. The molecule has 3 aromatic heterocycles. The zero-order chi connectivity index (χ0) is 22.4. The first kappa shape index (κ1) is 18.5. The summed E-state index contributed by atoms with van der Waals surface area (Å²) in [4.78, 5) is 41.8. The Hall–Kier alpha value is -4.11. The van der Waals surface area contributed by atoms with Gasteiger partial charge < -0.3 is 24.3 Å². The molecule has 0 fully saturated rings. The quantitative estimate of drug-likeness (QED) is 0.417. The van der Waals surface area contributed by atoms with Crippen LogP contribution < -0.4 is 9.47 Å². The predicted molar refractivity (Wildman–Crippen MR) is 123 cm³/mol. The van der Waals surface area contributed by atoms with Crippen molar-refractivity contribution in [2.75, 3.05) is 34.0 Å². The summed E-state index contributed by atoms with van der Waals surface area (Å²) in [6.45, 7) is 1.06. The van der Waals surface area contributed by atoms with E-state index in [0.717, 1.165) is 43.6 Å². The van der Waals surface area contributed by atoms with Gasteiger partial charge in [0.25, 0.3) is 11.8 Å². The Morgan fingerprint density at radius 1 is 0.970 bits per heavy atom. The first-order valence-corrected chi connectivity index (χ1v) is 10.7. The summed E-state index contributed by atoms with van der Waals surface area (Å²) in [5, 5.41) is 3.07. The van der Waals surface area contributed by atoms with Gasteiger partial charge in [-0.1, -0.05) is 0 Å². The van der Waals surface area contributed by atoms with Gasteiger partial charge in [-0.15, -0.1) is 0 Å². The molecule has 2 amide bonds. The Morgan fingerprint density at radius 2 is 1.64 bits per heavy atom. The van der Waals surface area contributed by atoms with Crippen molar-refractivity contribution in [1.82, 2.24) is 24.8 Å². The number of carbonyl (C=O) groups is 2. The number of H-pyrrole nitrogens is 2. The molecule has 9 nitrogen and oxygen atoms in total. The Labute approximate surface area is 186 Å². The number of hydrogen-bond acceptors (Lipinski definition) is 6. The molecular formula is C24H19N5O4. The van der Waals surface area contributed by atoms with Crippen molar-refractivity contribution in [2.45, 2.75) is 0 Å². The van der Waals surface area contributed by atoms with E-state index in [-0.39, 0.29) is 18.6 Å². The van der Waals surface area contributed by atoms with Gasteiger partial charge in [0.1, 0.15) is 0 Å². The van der Waals surface area contributed by atoms with Gasteiger partial charge in [0.05, 0.1) is 27.7 Å². The van der Waals surface area contributed by atoms with Crippen molar-refractivity contribution in [3.05, 3.63) is 41.7 Å². The third-order valence-corrected chi connectivity index (χ3v) is 6.58. The van der Waals surface area contributed by atoms with Gasteiger partial charge in [0.2, 0.25) is 6.79 Å². The lowest BCUT2D eigenvalue weighted by atomic mass is 9.97. The molecular weight excluding hydrogens is 422 g/mol. The average molecular weight is 441 g/mol. The van der Waals surface area contributed by atoms with Crippen molar-refractivity contribution in [2.24, 2.45) is 0 Å². The molecule has 2 aromatic carbocycles. The molecule has 7 rings (SSSR count). The zero-order valence-corrected chi connectivity index (χ0v) is 18.0. The van der Waals surface area contributed by atoms with Crippen LogP contribution in [0, 0.1) is 0 Å². The van der Waals surface area contributed by atoms with Crippen LogP contribution in [0.4, 0.5) is 0 Å². The lowest BCUT2D eigenvalue weighted by Gasteiger charge is -2.16. The third-order valence-electron chi connectivity index (χ3n) is 6.58. The van der Waals surface area contributed by atoms with Crippen LogP contribution in [0.25, 0.3) is 43.6 Å². The fourth-order valence-electron chi connectivity index (χ4n) is 5.06. The Morgan fingerprint density at radius 3 is 2.36 bits per heavy atom. The predicted octanol–water partition coefficient (Wildman–Crippen LogP) is 3.24. The number of pyridine rings is 1. The van der Waals surface area contributed by atoms with Gasteiger partial charge in [0.15, 0.2) is 11.5 Å². The molecule has 9 heteroatoms. The maximum absolute atomic E-state index is 13.7. The Balaban J connectivity index is 1.64. The summed E-state index contributed by atoms with van der Waals surface area (Å²) >= 11 is 0. The highest BCUT2D eigenvalue weighted by Crippen LogP contribution is 2.46.